The Morgan fingerprint density at radius 3 is 2.96 bits per heavy atom. The zero-order chi connectivity index (χ0) is 17.6. The van der Waals surface area contributed by atoms with Crippen molar-refractivity contribution < 1.29 is 9.53 Å². The van der Waals surface area contributed by atoms with Crippen molar-refractivity contribution in [2.75, 3.05) is 12.4 Å². The third-order valence-corrected chi connectivity index (χ3v) is 5.24. The Kier molecular flexibility index (Phi) is 5.91. The molecule has 25 heavy (non-hydrogen) atoms. The lowest BCUT2D eigenvalue weighted by Gasteiger charge is -2.07. The average molecular weight is 392 g/mol. The van der Waals surface area contributed by atoms with Crippen LogP contribution in [0.15, 0.2) is 58.7 Å². The van der Waals surface area contributed by atoms with Gasteiger partial charge >= 0.3 is 5.97 Å². The number of halogens is 1. The summed E-state index contributed by atoms with van der Waals surface area (Å²) in [5.41, 5.74) is 1.47. The normalized spacial score (nSPS) is 10.5. The van der Waals surface area contributed by atoms with Gasteiger partial charge in [-0.05, 0) is 30.3 Å². The smallest absolute Gasteiger partial charge is 0.337 e. The molecule has 0 spiro atoms. The molecule has 2 heterocycles. The van der Waals surface area contributed by atoms with Crippen LogP contribution < -0.4 is 5.32 Å². The second-order valence-electron chi connectivity index (χ2n) is 4.94. The molecule has 3 aromatic rings. The number of nitrogens with zero attached hydrogens (tertiary/aromatic N) is 2. The van der Waals surface area contributed by atoms with Crippen molar-refractivity contribution in [3.63, 3.8) is 0 Å². The molecule has 0 aliphatic heterocycles. The molecular formula is C17H14ClN3O2S2. The molecule has 0 saturated carbocycles. The molecule has 0 bridgehead atoms. The predicted molar refractivity (Wildman–Crippen MR) is 101 cm³/mol. The van der Waals surface area contributed by atoms with E-state index in [1.807, 2.05) is 24.3 Å². The standard InChI is InChI=1S/C17H14ClN3O2S2/c1-23-16(22)11-5-6-19-15(7-11)24-13-4-2-3-12(8-13)20-9-14-10-21-17(18)25-14/h2-8,10,20H,9H2,1H3. The minimum atomic E-state index is -0.372. The number of carbonyl (C=O) groups is 1. The Morgan fingerprint density at radius 1 is 1.32 bits per heavy atom. The molecule has 0 fully saturated rings. The molecule has 128 valence electrons. The number of thiazole rings is 1. The van der Waals surface area contributed by atoms with E-state index in [-0.39, 0.29) is 5.97 Å². The van der Waals surface area contributed by atoms with Crippen LogP contribution in [0.4, 0.5) is 5.69 Å². The van der Waals surface area contributed by atoms with Gasteiger partial charge in [-0.3, -0.25) is 0 Å². The van der Waals surface area contributed by atoms with E-state index in [4.69, 9.17) is 16.3 Å². The van der Waals surface area contributed by atoms with Gasteiger partial charge in [-0.2, -0.15) is 0 Å². The number of ether oxygens (including phenoxy) is 1. The van der Waals surface area contributed by atoms with Gasteiger partial charge in [0.1, 0.15) is 5.03 Å². The van der Waals surface area contributed by atoms with Gasteiger partial charge in [0.15, 0.2) is 4.47 Å². The summed E-state index contributed by atoms with van der Waals surface area (Å²) >= 11 is 8.77. The summed E-state index contributed by atoms with van der Waals surface area (Å²) in [5.74, 6) is -0.372. The second kappa shape index (κ2) is 8.33. The summed E-state index contributed by atoms with van der Waals surface area (Å²) in [6, 6.07) is 11.3. The van der Waals surface area contributed by atoms with Crippen LogP contribution >= 0.6 is 34.7 Å². The van der Waals surface area contributed by atoms with Crippen molar-refractivity contribution >= 4 is 46.4 Å². The fourth-order valence-electron chi connectivity index (χ4n) is 2.05. The van der Waals surface area contributed by atoms with E-state index in [1.165, 1.54) is 30.2 Å². The highest BCUT2D eigenvalue weighted by Gasteiger charge is 2.08. The molecule has 3 rings (SSSR count). The number of carbonyl (C=O) groups excluding carboxylic acids is 1. The number of benzene rings is 1. The Morgan fingerprint density at radius 2 is 2.20 bits per heavy atom. The number of methoxy groups -OCH3 is 1. The first-order valence-corrected chi connectivity index (χ1v) is 9.31. The first kappa shape index (κ1) is 17.7. The van der Waals surface area contributed by atoms with E-state index in [0.29, 0.717) is 16.6 Å². The maximum absolute atomic E-state index is 11.6. The highest BCUT2D eigenvalue weighted by molar-refractivity contribution is 7.99. The fraction of sp³-hybridized carbons (Fsp3) is 0.118. The first-order valence-electron chi connectivity index (χ1n) is 7.30. The molecule has 8 heteroatoms. The van der Waals surface area contributed by atoms with E-state index >= 15 is 0 Å². The summed E-state index contributed by atoms with van der Waals surface area (Å²) in [5, 5.41) is 4.07. The fourth-order valence-corrected chi connectivity index (χ4v) is 3.85. The highest BCUT2D eigenvalue weighted by Crippen LogP contribution is 2.29. The summed E-state index contributed by atoms with van der Waals surface area (Å²) in [4.78, 5) is 22.0. The SMILES string of the molecule is COC(=O)c1ccnc(Sc2cccc(NCc3cnc(Cl)s3)c2)c1. The van der Waals surface area contributed by atoms with Crippen LogP contribution in [0.3, 0.4) is 0 Å². The first-order chi connectivity index (χ1) is 12.1. The molecule has 0 atom stereocenters. The molecular weight excluding hydrogens is 378 g/mol. The lowest BCUT2D eigenvalue weighted by atomic mass is 10.3. The zero-order valence-electron chi connectivity index (χ0n) is 13.2. The third kappa shape index (κ3) is 4.94. The monoisotopic (exact) mass is 391 g/mol. The van der Waals surface area contributed by atoms with Gasteiger partial charge in [0.05, 0.1) is 19.2 Å². The van der Waals surface area contributed by atoms with E-state index in [0.717, 1.165) is 20.5 Å². The molecule has 0 aliphatic carbocycles. The van der Waals surface area contributed by atoms with Crippen molar-refractivity contribution in [2.24, 2.45) is 0 Å². The van der Waals surface area contributed by atoms with Gasteiger partial charge in [0.2, 0.25) is 0 Å². The van der Waals surface area contributed by atoms with E-state index in [1.54, 1.807) is 24.5 Å². The van der Waals surface area contributed by atoms with Crippen LogP contribution in [0, 0.1) is 0 Å². The predicted octanol–water partition coefficient (Wildman–Crippen LogP) is 4.74. The second-order valence-corrected chi connectivity index (χ2v) is 7.73. The van der Waals surface area contributed by atoms with Crippen molar-refractivity contribution in [3.05, 3.63) is 63.7 Å². The molecule has 0 radical (unpaired) electrons. The van der Waals surface area contributed by atoms with Gasteiger partial charge in [0, 0.05) is 27.9 Å². The van der Waals surface area contributed by atoms with Crippen LogP contribution in [0.25, 0.3) is 0 Å². The van der Waals surface area contributed by atoms with Crippen LogP contribution in [0.5, 0.6) is 0 Å². The molecule has 1 N–H and O–H groups in total. The number of hydrogen-bond donors (Lipinski definition) is 1. The van der Waals surface area contributed by atoms with Gasteiger partial charge < -0.3 is 10.1 Å². The summed E-state index contributed by atoms with van der Waals surface area (Å²) in [6.07, 6.45) is 3.37. The molecule has 0 saturated heterocycles. The molecule has 0 aliphatic rings. The number of nitrogens with one attached hydrogen (secondary N) is 1. The Balaban J connectivity index is 1.68. The number of rotatable bonds is 6. The third-order valence-electron chi connectivity index (χ3n) is 3.20. The summed E-state index contributed by atoms with van der Waals surface area (Å²) in [6.45, 7) is 0.661. The van der Waals surface area contributed by atoms with E-state index in [2.05, 4.69) is 15.3 Å². The number of hydrogen-bond acceptors (Lipinski definition) is 7. The molecule has 5 nitrogen and oxygen atoms in total. The van der Waals surface area contributed by atoms with Crippen molar-refractivity contribution in [2.45, 2.75) is 16.5 Å². The Bertz CT molecular complexity index is 886. The maximum Gasteiger partial charge on any atom is 0.337 e. The topological polar surface area (TPSA) is 64.1 Å². The minimum absolute atomic E-state index is 0.372. The van der Waals surface area contributed by atoms with Gasteiger partial charge in [-0.25, -0.2) is 14.8 Å². The number of anilines is 1. The van der Waals surface area contributed by atoms with Crippen LogP contribution in [-0.2, 0) is 11.3 Å². The lowest BCUT2D eigenvalue weighted by molar-refractivity contribution is 0.0600. The van der Waals surface area contributed by atoms with Gasteiger partial charge in [0.25, 0.3) is 0 Å². The van der Waals surface area contributed by atoms with Gasteiger partial charge in [-0.1, -0.05) is 29.4 Å². The number of esters is 1. The highest BCUT2D eigenvalue weighted by atomic mass is 35.5. The van der Waals surface area contributed by atoms with Crippen LogP contribution in [-0.4, -0.2) is 23.0 Å². The molecule has 0 amide bonds. The van der Waals surface area contributed by atoms with E-state index in [9.17, 15) is 4.79 Å². The van der Waals surface area contributed by atoms with Gasteiger partial charge in [-0.15, -0.1) is 11.3 Å². The molecule has 2 aromatic heterocycles. The quantitative estimate of drug-likeness (QED) is 0.612. The number of aromatic nitrogens is 2. The average Bonchev–Trinajstić information content (AvgIpc) is 3.05. The largest absolute Gasteiger partial charge is 0.465 e. The maximum atomic E-state index is 11.6. The number of pyridine rings is 1. The van der Waals surface area contributed by atoms with Crippen LogP contribution in [0.2, 0.25) is 4.47 Å². The van der Waals surface area contributed by atoms with E-state index < -0.39 is 0 Å². The molecule has 0 unspecified atom stereocenters. The zero-order valence-corrected chi connectivity index (χ0v) is 15.6. The Hall–Kier alpha value is -2.09. The van der Waals surface area contributed by atoms with Crippen molar-refractivity contribution in [3.8, 4) is 0 Å². The summed E-state index contributed by atoms with van der Waals surface area (Å²) in [7, 11) is 1.36. The van der Waals surface area contributed by atoms with Crippen molar-refractivity contribution in [1.29, 1.82) is 0 Å². The van der Waals surface area contributed by atoms with Crippen LogP contribution in [0.1, 0.15) is 15.2 Å². The Labute approximate surface area is 158 Å². The minimum Gasteiger partial charge on any atom is -0.465 e. The molecule has 1 aromatic carbocycles. The van der Waals surface area contributed by atoms with Crippen molar-refractivity contribution in [1.82, 2.24) is 9.97 Å². The summed E-state index contributed by atoms with van der Waals surface area (Å²) < 4.78 is 5.28. The lowest BCUT2D eigenvalue weighted by Crippen LogP contribution is -2.01.